The molecule has 25 heavy (non-hydrogen) atoms. The molecule has 1 fully saturated rings. The SMILES string of the molecule is O=C(CC(c1ccccc1)C1C(=O)NC(=S)NC1=O)c1ccccc1. The quantitative estimate of drug-likeness (QED) is 0.491. The summed E-state index contributed by atoms with van der Waals surface area (Å²) >= 11 is 4.85. The van der Waals surface area contributed by atoms with Gasteiger partial charge in [0.25, 0.3) is 0 Å². The van der Waals surface area contributed by atoms with E-state index in [1.165, 1.54) is 0 Å². The molecule has 0 aliphatic carbocycles. The minimum atomic E-state index is -1.01. The number of amides is 2. The van der Waals surface area contributed by atoms with Crippen LogP contribution in [0.1, 0.15) is 28.3 Å². The van der Waals surface area contributed by atoms with Gasteiger partial charge in [-0.3, -0.25) is 14.4 Å². The van der Waals surface area contributed by atoms with Crippen LogP contribution >= 0.6 is 12.2 Å². The van der Waals surface area contributed by atoms with E-state index in [0.29, 0.717) is 5.56 Å². The predicted octanol–water partition coefficient (Wildman–Crippen LogP) is 2.19. The molecule has 1 saturated heterocycles. The number of benzene rings is 2. The van der Waals surface area contributed by atoms with Crippen LogP contribution in [0.15, 0.2) is 60.7 Å². The first-order chi connectivity index (χ1) is 12.1. The number of carbonyl (C=O) groups excluding carboxylic acids is 3. The third-order valence-electron chi connectivity index (χ3n) is 4.17. The topological polar surface area (TPSA) is 75.3 Å². The molecule has 0 radical (unpaired) electrons. The Morgan fingerprint density at radius 3 is 2.00 bits per heavy atom. The lowest BCUT2D eigenvalue weighted by molar-refractivity contribution is -0.136. The van der Waals surface area contributed by atoms with E-state index >= 15 is 0 Å². The highest BCUT2D eigenvalue weighted by Crippen LogP contribution is 2.31. The molecule has 1 atom stereocenters. The van der Waals surface area contributed by atoms with Crippen molar-refractivity contribution in [3.63, 3.8) is 0 Å². The normalized spacial score (nSPS) is 16.1. The van der Waals surface area contributed by atoms with Crippen LogP contribution in [0, 0.1) is 5.92 Å². The van der Waals surface area contributed by atoms with Crippen molar-refractivity contribution in [1.82, 2.24) is 10.6 Å². The molecule has 1 unspecified atom stereocenters. The van der Waals surface area contributed by atoms with E-state index < -0.39 is 23.7 Å². The molecule has 6 heteroatoms. The molecule has 1 aliphatic rings. The van der Waals surface area contributed by atoms with Gasteiger partial charge in [0.05, 0.1) is 0 Å². The van der Waals surface area contributed by atoms with Gasteiger partial charge >= 0.3 is 0 Å². The lowest BCUT2D eigenvalue weighted by Gasteiger charge is -2.29. The highest BCUT2D eigenvalue weighted by molar-refractivity contribution is 7.80. The van der Waals surface area contributed by atoms with E-state index in [9.17, 15) is 14.4 Å². The molecule has 1 heterocycles. The van der Waals surface area contributed by atoms with Crippen molar-refractivity contribution in [2.45, 2.75) is 12.3 Å². The Balaban J connectivity index is 1.93. The number of carbonyl (C=O) groups is 3. The van der Waals surface area contributed by atoms with Gasteiger partial charge in [-0.05, 0) is 17.8 Å². The van der Waals surface area contributed by atoms with Gasteiger partial charge in [-0.25, -0.2) is 0 Å². The smallest absolute Gasteiger partial charge is 0.239 e. The summed E-state index contributed by atoms with van der Waals surface area (Å²) < 4.78 is 0. The van der Waals surface area contributed by atoms with Crippen molar-refractivity contribution in [3.8, 4) is 0 Å². The monoisotopic (exact) mass is 352 g/mol. The molecule has 3 rings (SSSR count). The second kappa shape index (κ2) is 7.36. The van der Waals surface area contributed by atoms with Gasteiger partial charge in [-0.2, -0.15) is 0 Å². The number of rotatable bonds is 5. The Hall–Kier alpha value is -2.86. The Bertz CT molecular complexity index is 801. The van der Waals surface area contributed by atoms with Crippen molar-refractivity contribution >= 4 is 34.9 Å². The fourth-order valence-electron chi connectivity index (χ4n) is 2.97. The summed E-state index contributed by atoms with van der Waals surface area (Å²) in [5.41, 5.74) is 1.31. The minimum absolute atomic E-state index is 0.00699. The highest BCUT2D eigenvalue weighted by Gasteiger charge is 2.40. The van der Waals surface area contributed by atoms with Crippen molar-refractivity contribution < 1.29 is 14.4 Å². The zero-order valence-corrected chi connectivity index (χ0v) is 14.1. The fraction of sp³-hybridized carbons (Fsp3) is 0.158. The molecule has 126 valence electrons. The van der Waals surface area contributed by atoms with Crippen LogP contribution in [-0.2, 0) is 9.59 Å². The number of Topliss-reactive ketones (excluding diaryl/α,β-unsaturated/α-hetero) is 1. The van der Waals surface area contributed by atoms with Gasteiger partial charge in [0.15, 0.2) is 10.9 Å². The van der Waals surface area contributed by atoms with Gasteiger partial charge < -0.3 is 10.6 Å². The Labute approximate surface area is 150 Å². The van der Waals surface area contributed by atoms with Gasteiger partial charge in [0.2, 0.25) is 11.8 Å². The standard InChI is InChI=1S/C19H16N2O3S/c22-15(13-9-5-2-6-10-13)11-14(12-7-3-1-4-8-12)16-17(23)20-19(25)21-18(16)24/h1-10,14,16H,11H2,(H2,20,21,23,24,25). The molecular formula is C19H16N2O3S. The van der Waals surface area contributed by atoms with Crippen molar-refractivity contribution in [1.29, 1.82) is 0 Å². The summed E-state index contributed by atoms with van der Waals surface area (Å²) in [7, 11) is 0. The van der Waals surface area contributed by atoms with E-state index in [1.807, 2.05) is 36.4 Å². The highest BCUT2D eigenvalue weighted by atomic mass is 32.1. The maximum absolute atomic E-state index is 12.7. The van der Waals surface area contributed by atoms with Crippen LogP contribution in [0.5, 0.6) is 0 Å². The third kappa shape index (κ3) is 3.80. The van der Waals surface area contributed by atoms with Gasteiger partial charge in [-0.1, -0.05) is 60.7 Å². The minimum Gasteiger partial charge on any atom is -0.302 e. The van der Waals surface area contributed by atoms with Crippen LogP contribution in [0.3, 0.4) is 0 Å². The van der Waals surface area contributed by atoms with Crippen LogP contribution in [0.4, 0.5) is 0 Å². The Kier molecular flexibility index (Phi) is 5.00. The molecule has 0 aromatic heterocycles. The summed E-state index contributed by atoms with van der Waals surface area (Å²) in [4.78, 5) is 37.4. The number of hydrogen-bond donors (Lipinski definition) is 2. The molecular weight excluding hydrogens is 336 g/mol. The van der Waals surface area contributed by atoms with E-state index in [2.05, 4.69) is 10.6 Å². The molecule has 1 aliphatic heterocycles. The molecule has 5 nitrogen and oxygen atoms in total. The molecule has 2 aromatic rings. The van der Waals surface area contributed by atoms with E-state index in [0.717, 1.165) is 5.56 Å². The third-order valence-corrected chi connectivity index (χ3v) is 4.37. The summed E-state index contributed by atoms with van der Waals surface area (Å²) in [6.45, 7) is 0. The number of thiocarbonyl (C=S) groups is 1. The molecule has 0 saturated carbocycles. The lowest BCUT2D eigenvalue weighted by Crippen LogP contribution is -2.57. The molecule has 2 amide bonds. The fourth-order valence-corrected chi connectivity index (χ4v) is 3.17. The van der Waals surface area contributed by atoms with Crippen LogP contribution in [-0.4, -0.2) is 22.7 Å². The van der Waals surface area contributed by atoms with Crippen molar-refractivity contribution in [3.05, 3.63) is 71.8 Å². The number of nitrogens with one attached hydrogen (secondary N) is 2. The first-order valence-electron chi connectivity index (χ1n) is 7.85. The van der Waals surface area contributed by atoms with E-state index in [4.69, 9.17) is 12.2 Å². The maximum Gasteiger partial charge on any atom is 0.239 e. The second-order valence-electron chi connectivity index (χ2n) is 5.80. The van der Waals surface area contributed by atoms with Gasteiger partial charge in [0, 0.05) is 17.9 Å². The summed E-state index contributed by atoms with van der Waals surface area (Å²) in [5, 5.41) is 4.94. The average molecular weight is 352 g/mol. The van der Waals surface area contributed by atoms with Crippen molar-refractivity contribution in [2.75, 3.05) is 0 Å². The molecule has 0 spiro atoms. The zero-order valence-electron chi connectivity index (χ0n) is 13.3. The number of ketones is 1. The number of hydrogen-bond acceptors (Lipinski definition) is 4. The first-order valence-corrected chi connectivity index (χ1v) is 8.26. The van der Waals surface area contributed by atoms with Crippen LogP contribution < -0.4 is 10.6 Å². The summed E-state index contributed by atoms with van der Waals surface area (Å²) in [6, 6.07) is 17.9. The van der Waals surface area contributed by atoms with Crippen LogP contribution in [0.2, 0.25) is 0 Å². The first kappa shape index (κ1) is 17.0. The summed E-state index contributed by atoms with van der Waals surface area (Å²) in [5.74, 6) is -2.67. The molecule has 2 N–H and O–H groups in total. The van der Waals surface area contributed by atoms with Gasteiger partial charge in [0.1, 0.15) is 5.92 Å². The van der Waals surface area contributed by atoms with Gasteiger partial charge in [-0.15, -0.1) is 0 Å². The predicted molar refractivity (Wildman–Crippen MR) is 96.9 cm³/mol. The summed E-state index contributed by atoms with van der Waals surface area (Å²) in [6.07, 6.45) is 0.0479. The Morgan fingerprint density at radius 2 is 1.44 bits per heavy atom. The molecule has 2 aromatic carbocycles. The van der Waals surface area contributed by atoms with E-state index in [-0.39, 0.29) is 17.3 Å². The molecule has 0 bridgehead atoms. The van der Waals surface area contributed by atoms with Crippen LogP contribution in [0.25, 0.3) is 0 Å². The Morgan fingerprint density at radius 1 is 0.920 bits per heavy atom. The maximum atomic E-state index is 12.7. The lowest BCUT2D eigenvalue weighted by atomic mass is 9.80. The van der Waals surface area contributed by atoms with E-state index in [1.54, 1.807) is 24.3 Å². The second-order valence-corrected chi connectivity index (χ2v) is 6.20. The average Bonchev–Trinajstić information content (AvgIpc) is 2.61. The van der Waals surface area contributed by atoms with Crippen molar-refractivity contribution in [2.24, 2.45) is 5.92 Å². The zero-order chi connectivity index (χ0) is 17.8. The largest absolute Gasteiger partial charge is 0.302 e.